The van der Waals surface area contributed by atoms with E-state index in [1.807, 2.05) is 12.3 Å². The van der Waals surface area contributed by atoms with E-state index in [0.29, 0.717) is 0 Å². The molecule has 98 valence electrons. The molecule has 17 heavy (non-hydrogen) atoms. The van der Waals surface area contributed by atoms with E-state index >= 15 is 0 Å². The fourth-order valence-corrected chi connectivity index (χ4v) is 1.60. The molecule has 0 aliphatic heterocycles. The lowest BCUT2D eigenvalue weighted by Crippen LogP contribution is -2.15. The van der Waals surface area contributed by atoms with Gasteiger partial charge < -0.3 is 10.1 Å². The zero-order valence-corrected chi connectivity index (χ0v) is 11.6. The van der Waals surface area contributed by atoms with Gasteiger partial charge in [0.2, 0.25) is 0 Å². The van der Waals surface area contributed by atoms with Gasteiger partial charge in [-0.1, -0.05) is 6.07 Å². The van der Waals surface area contributed by atoms with Gasteiger partial charge in [0.15, 0.2) is 0 Å². The lowest BCUT2D eigenvalue weighted by atomic mass is 10.2. The van der Waals surface area contributed by atoms with Crippen molar-refractivity contribution in [1.29, 1.82) is 0 Å². The maximum Gasteiger partial charge on any atom is 0.0462 e. The van der Waals surface area contributed by atoms with Crippen LogP contribution in [0.15, 0.2) is 18.3 Å². The van der Waals surface area contributed by atoms with Crippen LogP contribution in [-0.2, 0) is 11.3 Å². The monoisotopic (exact) mass is 258 g/mol. The predicted octanol–water partition coefficient (Wildman–Crippen LogP) is 2.72. The molecule has 0 saturated heterocycles. The summed E-state index contributed by atoms with van der Waals surface area (Å²) >= 11 is 0. The number of unbranched alkanes of at least 4 members (excludes halogenated alkanes) is 2. The van der Waals surface area contributed by atoms with Crippen LogP contribution in [0.4, 0.5) is 0 Å². The largest absolute Gasteiger partial charge is 0.385 e. The Labute approximate surface area is 110 Å². The summed E-state index contributed by atoms with van der Waals surface area (Å²) in [7, 11) is 1.75. The molecule has 0 aromatic carbocycles. The van der Waals surface area contributed by atoms with Gasteiger partial charge in [-0.2, -0.15) is 0 Å². The van der Waals surface area contributed by atoms with E-state index in [1.165, 1.54) is 18.4 Å². The van der Waals surface area contributed by atoms with Crippen molar-refractivity contribution in [3.05, 3.63) is 29.6 Å². The lowest BCUT2D eigenvalue weighted by Gasteiger charge is -2.06. The fraction of sp³-hybridized carbons (Fsp3) is 0.615. The van der Waals surface area contributed by atoms with Gasteiger partial charge in [-0.3, -0.25) is 4.98 Å². The molecule has 0 fully saturated rings. The minimum absolute atomic E-state index is 0. The zero-order valence-electron chi connectivity index (χ0n) is 10.7. The Bertz CT molecular complexity index is 295. The van der Waals surface area contributed by atoms with E-state index in [2.05, 4.69) is 23.3 Å². The highest BCUT2D eigenvalue weighted by Crippen LogP contribution is 2.02. The van der Waals surface area contributed by atoms with E-state index < -0.39 is 0 Å². The minimum atomic E-state index is 0. The topological polar surface area (TPSA) is 34.1 Å². The number of hydrogen-bond acceptors (Lipinski definition) is 3. The Kier molecular flexibility index (Phi) is 10.1. The van der Waals surface area contributed by atoms with Crippen LogP contribution in [0.25, 0.3) is 0 Å². The Morgan fingerprint density at radius 2 is 2.12 bits per heavy atom. The molecule has 1 aromatic heterocycles. The first-order valence-corrected chi connectivity index (χ1v) is 5.94. The number of aryl methyl sites for hydroxylation is 1. The van der Waals surface area contributed by atoms with Gasteiger partial charge in [0, 0.05) is 32.2 Å². The van der Waals surface area contributed by atoms with Gasteiger partial charge >= 0.3 is 0 Å². The SMILES string of the molecule is COCCCCCNCc1cccnc1C.Cl. The molecule has 3 nitrogen and oxygen atoms in total. The van der Waals surface area contributed by atoms with Crippen molar-refractivity contribution in [3.63, 3.8) is 0 Å². The highest BCUT2D eigenvalue weighted by molar-refractivity contribution is 5.85. The van der Waals surface area contributed by atoms with Gasteiger partial charge in [-0.25, -0.2) is 0 Å². The predicted molar refractivity (Wildman–Crippen MR) is 73.7 cm³/mol. The van der Waals surface area contributed by atoms with Gasteiger partial charge in [0.05, 0.1) is 0 Å². The second kappa shape index (κ2) is 10.5. The number of hydrogen-bond donors (Lipinski definition) is 1. The maximum absolute atomic E-state index is 5.00. The van der Waals surface area contributed by atoms with Crippen molar-refractivity contribution in [3.8, 4) is 0 Å². The van der Waals surface area contributed by atoms with Crippen LogP contribution in [0.3, 0.4) is 0 Å². The second-order valence-corrected chi connectivity index (χ2v) is 3.98. The van der Waals surface area contributed by atoms with Crippen molar-refractivity contribution in [1.82, 2.24) is 10.3 Å². The first-order valence-electron chi connectivity index (χ1n) is 5.94. The molecule has 0 amide bonds. The molecule has 0 aliphatic carbocycles. The molecule has 0 unspecified atom stereocenters. The zero-order chi connectivity index (χ0) is 11.6. The summed E-state index contributed by atoms with van der Waals surface area (Å²) in [5.74, 6) is 0. The second-order valence-electron chi connectivity index (χ2n) is 3.98. The number of nitrogens with one attached hydrogen (secondary N) is 1. The van der Waals surface area contributed by atoms with E-state index in [9.17, 15) is 0 Å². The Morgan fingerprint density at radius 1 is 1.29 bits per heavy atom. The number of rotatable bonds is 8. The van der Waals surface area contributed by atoms with E-state index in [1.54, 1.807) is 7.11 Å². The molecular weight excluding hydrogens is 236 g/mol. The fourth-order valence-electron chi connectivity index (χ4n) is 1.60. The molecule has 0 spiro atoms. The normalized spacial score (nSPS) is 10.0. The lowest BCUT2D eigenvalue weighted by molar-refractivity contribution is 0.192. The van der Waals surface area contributed by atoms with Crippen LogP contribution >= 0.6 is 12.4 Å². The molecular formula is C13H23ClN2O. The van der Waals surface area contributed by atoms with Crippen molar-refractivity contribution < 1.29 is 4.74 Å². The van der Waals surface area contributed by atoms with Crippen molar-refractivity contribution in [2.24, 2.45) is 0 Å². The third-order valence-corrected chi connectivity index (χ3v) is 2.63. The molecule has 1 rings (SSSR count). The summed E-state index contributed by atoms with van der Waals surface area (Å²) in [6.45, 7) is 4.92. The molecule has 0 bridgehead atoms. The molecule has 0 saturated carbocycles. The molecule has 1 aromatic rings. The Hall–Kier alpha value is -0.640. The van der Waals surface area contributed by atoms with Gasteiger partial charge in [0.25, 0.3) is 0 Å². The molecule has 0 aliphatic rings. The molecule has 0 radical (unpaired) electrons. The number of methoxy groups -OCH3 is 1. The summed E-state index contributed by atoms with van der Waals surface area (Å²) in [6.07, 6.45) is 5.43. The number of pyridine rings is 1. The van der Waals surface area contributed by atoms with Crippen LogP contribution in [-0.4, -0.2) is 25.2 Å². The summed E-state index contributed by atoms with van der Waals surface area (Å²) < 4.78 is 5.00. The van der Waals surface area contributed by atoms with Crippen molar-refractivity contribution in [2.75, 3.05) is 20.3 Å². The standard InChI is InChI=1S/C13H22N2O.ClH/c1-12-13(7-6-9-15-12)11-14-8-4-3-5-10-16-2;/h6-7,9,14H,3-5,8,10-11H2,1-2H3;1H. The average molecular weight is 259 g/mol. The van der Waals surface area contributed by atoms with Gasteiger partial charge in [-0.15, -0.1) is 12.4 Å². The summed E-state index contributed by atoms with van der Waals surface area (Å²) in [5, 5.41) is 3.44. The molecule has 4 heteroatoms. The summed E-state index contributed by atoms with van der Waals surface area (Å²) in [5.41, 5.74) is 2.41. The minimum Gasteiger partial charge on any atom is -0.385 e. The third kappa shape index (κ3) is 7.31. The molecule has 1 N–H and O–H groups in total. The highest BCUT2D eigenvalue weighted by atomic mass is 35.5. The number of ether oxygens (including phenoxy) is 1. The Morgan fingerprint density at radius 3 is 2.82 bits per heavy atom. The highest BCUT2D eigenvalue weighted by Gasteiger charge is 1.96. The van der Waals surface area contributed by atoms with Gasteiger partial charge in [-0.05, 0) is 44.4 Å². The number of halogens is 1. The summed E-state index contributed by atoms with van der Waals surface area (Å²) in [6, 6.07) is 4.11. The Balaban J connectivity index is 0.00000256. The van der Waals surface area contributed by atoms with Crippen molar-refractivity contribution >= 4 is 12.4 Å². The van der Waals surface area contributed by atoms with Crippen LogP contribution < -0.4 is 5.32 Å². The molecule has 0 atom stereocenters. The smallest absolute Gasteiger partial charge is 0.0462 e. The first kappa shape index (κ1) is 16.4. The summed E-state index contributed by atoms with van der Waals surface area (Å²) in [4.78, 5) is 4.26. The molecule has 1 heterocycles. The first-order chi connectivity index (χ1) is 7.84. The van der Waals surface area contributed by atoms with Gasteiger partial charge in [0.1, 0.15) is 0 Å². The maximum atomic E-state index is 5.00. The quantitative estimate of drug-likeness (QED) is 0.728. The van der Waals surface area contributed by atoms with E-state index in [4.69, 9.17) is 4.74 Å². The number of aromatic nitrogens is 1. The van der Waals surface area contributed by atoms with Crippen LogP contribution in [0.1, 0.15) is 30.5 Å². The van der Waals surface area contributed by atoms with Crippen LogP contribution in [0, 0.1) is 6.92 Å². The van der Waals surface area contributed by atoms with Crippen LogP contribution in [0.5, 0.6) is 0 Å². The van der Waals surface area contributed by atoms with E-state index in [0.717, 1.165) is 31.8 Å². The van der Waals surface area contributed by atoms with Crippen molar-refractivity contribution in [2.45, 2.75) is 32.7 Å². The van der Waals surface area contributed by atoms with E-state index in [-0.39, 0.29) is 12.4 Å². The number of nitrogens with zero attached hydrogens (tertiary/aromatic N) is 1. The third-order valence-electron chi connectivity index (χ3n) is 2.63. The average Bonchev–Trinajstić information content (AvgIpc) is 2.30. The van der Waals surface area contributed by atoms with Crippen LogP contribution in [0.2, 0.25) is 0 Å².